The number of carbonyl (C=O) groups is 2. The van der Waals surface area contributed by atoms with Crippen molar-refractivity contribution in [1.82, 2.24) is 20.3 Å². The Labute approximate surface area is 202 Å². The Hall–Kier alpha value is -4.01. The van der Waals surface area contributed by atoms with Gasteiger partial charge in [-0.1, -0.05) is 6.07 Å². The van der Waals surface area contributed by atoms with Gasteiger partial charge < -0.3 is 20.9 Å². The predicted octanol–water partition coefficient (Wildman–Crippen LogP) is 3.81. The van der Waals surface area contributed by atoms with Crippen LogP contribution >= 0.6 is 0 Å². The number of anilines is 4. The summed E-state index contributed by atoms with van der Waals surface area (Å²) < 4.78 is 22.3. The third-order valence-electron chi connectivity index (χ3n) is 6.31. The van der Waals surface area contributed by atoms with E-state index in [0.717, 1.165) is 41.0 Å². The van der Waals surface area contributed by atoms with E-state index in [2.05, 4.69) is 32.4 Å². The Bertz CT molecular complexity index is 1410. The highest BCUT2D eigenvalue weighted by atomic mass is 16.2. The highest BCUT2D eigenvalue weighted by Crippen LogP contribution is 2.46. The summed E-state index contributed by atoms with van der Waals surface area (Å²) >= 11 is 0. The minimum Gasteiger partial charge on any atom is -0.364 e. The summed E-state index contributed by atoms with van der Waals surface area (Å²) in [6, 6.07) is 7.44. The second-order valence-electron chi connectivity index (χ2n) is 8.69. The van der Waals surface area contributed by atoms with Crippen molar-refractivity contribution in [2.45, 2.75) is 32.7 Å². The molecule has 0 saturated heterocycles. The second-order valence-corrected chi connectivity index (χ2v) is 8.69. The van der Waals surface area contributed by atoms with Crippen LogP contribution in [0.25, 0.3) is 11.3 Å². The molecule has 3 aromatic rings. The van der Waals surface area contributed by atoms with E-state index in [1.54, 1.807) is 6.20 Å². The third-order valence-corrected chi connectivity index (χ3v) is 6.31. The molecule has 9 heteroatoms. The van der Waals surface area contributed by atoms with E-state index in [4.69, 9.17) is 9.10 Å². The van der Waals surface area contributed by atoms with Crippen molar-refractivity contribution >= 4 is 34.8 Å². The van der Waals surface area contributed by atoms with Crippen molar-refractivity contribution in [2.24, 2.45) is 5.92 Å². The highest BCUT2D eigenvalue weighted by molar-refractivity contribution is 6.02. The maximum Gasteiger partial charge on any atom is 0.254 e. The predicted molar refractivity (Wildman–Crippen MR) is 131 cm³/mol. The van der Waals surface area contributed by atoms with Gasteiger partial charge in [0.15, 0.2) is 5.82 Å². The van der Waals surface area contributed by atoms with Gasteiger partial charge in [0.05, 0.1) is 28.7 Å². The Kier molecular flexibility index (Phi) is 4.55. The van der Waals surface area contributed by atoms with Gasteiger partial charge in [-0.2, -0.15) is 0 Å². The Morgan fingerprint density at radius 3 is 2.82 bits per heavy atom. The first kappa shape index (κ1) is 18.4. The lowest BCUT2D eigenvalue weighted by Crippen LogP contribution is -2.28. The molecule has 9 nitrogen and oxygen atoms in total. The molecule has 3 aromatic heterocycles. The van der Waals surface area contributed by atoms with Crippen LogP contribution in [0.1, 0.15) is 51.5 Å². The molecule has 0 unspecified atom stereocenters. The van der Waals surface area contributed by atoms with Crippen LogP contribution in [0, 0.1) is 12.8 Å². The van der Waals surface area contributed by atoms with E-state index in [0.29, 0.717) is 5.82 Å². The minimum atomic E-state index is -2.68. The number of amides is 2. The van der Waals surface area contributed by atoms with Crippen molar-refractivity contribution in [2.75, 3.05) is 29.6 Å². The average Bonchev–Trinajstić information content (AvgIpc) is 3.67. The highest BCUT2D eigenvalue weighted by Gasteiger charge is 2.31. The van der Waals surface area contributed by atoms with Gasteiger partial charge >= 0.3 is 0 Å². The van der Waals surface area contributed by atoms with E-state index < -0.39 is 12.9 Å². The number of carbonyl (C=O) groups excluding carboxylic acids is 2. The number of nitrogens with one attached hydrogen (secondary N) is 3. The number of pyridine rings is 3. The summed E-state index contributed by atoms with van der Waals surface area (Å²) in [6.45, 7) is 1.25. The maximum absolute atomic E-state index is 12.9. The monoisotopic (exact) mass is 460 g/mol. The summed E-state index contributed by atoms with van der Waals surface area (Å²) in [7, 11) is 1.96. The zero-order chi connectivity index (χ0) is 26.5. The zero-order valence-electron chi connectivity index (χ0n) is 22.1. The van der Waals surface area contributed by atoms with E-state index >= 15 is 0 Å². The summed E-state index contributed by atoms with van der Waals surface area (Å²) in [5.74, 6) is -0.287. The number of nitrogens with zero attached hydrogens (tertiary/aromatic N) is 4. The third kappa shape index (κ3) is 3.83. The molecule has 2 aliphatic rings. The Morgan fingerprint density at radius 1 is 1.24 bits per heavy atom. The van der Waals surface area contributed by atoms with Crippen molar-refractivity contribution in [3.8, 4) is 11.3 Å². The molecule has 1 atom stereocenters. The first-order chi connectivity index (χ1) is 17.5. The topological polar surface area (TPSA) is 112 Å². The summed E-state index contributed by atoms with van der Waals surface area (Å²) in [6.07, 6.45) is 4.65. The first-order valence-corrected chi connectivity index (χ1v) is 11.1. The quantitative estimate of drug-likeness (QED) is 0.531. The van der Waals surface area contributed by atoms with Gasteiger partial charge in [-0.25, -0.2) is 9.97 Å². The molecule has 34 heavy (non-hydrogen) atoms. The van der Waals surface area contributed by atoms with Crippen LogP contribution in [0.3, 0.4) is 0 Å². The molecule has 0 spiro atoms. The molecule has 4 heterocycles. The number of aryl methyl sites for hydroxylation is 1. The fraction of sp³-hybridized carbons (Fsp3) is 0.320. The number of fused-ring (bicyclic) bond motifs is 3. The van der Waals surface area contributed by atoms with Gasteiger partial charge in [-0.3, -0.25) is 14.6 Å². The standard InChI is InChI=1S/C25H27N7O2/c1-13-10-17-21-16(6-5-9-27-21)14(2)32(4)22(17)23(29-13)30-19-11-20(31-24(33)15-7-8-15)28-12-18(19)25(34)26-3/h5-6,9-12,14-15H,7-8H2,1-4H3,(H,26,34)(H2,28,29,30,31,33)/t14-/m1/s1/i3D3. The fourth-order valence-corrected chi connectivity index (χ4v) is 4.25. The molecule has 1 fully saturated rings. The van der Waals surface area contributed by atoms with E-state index in [9.17, 15) is 9.59 Å². The van der Waals surface area contributed by atoms with Crippen molar-refractivity contribution in [3.63, 3.8) is 0 Å². The molecule has 174 valence electrons. The molecule has 2 amide bonds. The van der Waals surface area contributed by atoms with E-state index in [1.807, 2.05) is 37.5 Å². The lowest BCUT2D eigenvalue weighted by molar-refractivity contribution is -0.117. The van der Waals surface area contributed by atoms with Crippen LogP contribution in [-0.4, -0.2) is 40.8 Å². The molecule has 0 radical (unpaired) electrons. The molecule has 1 saturated carbocycles. The smallest absolute Gasteiger partial charge is 0.254 e. The number of aromatic nitrogens is 3. The van der Waals surface area contributed by atoms with Crippen LogP contribution in [0.2, 0.25) is 0 Å². The van der Waals surface area contributed by atoms with E-state index in [-0.39, 0.29) is 34.9 Å². The van der Waals surface area contributed by atoms with Crippen LogP contribution in [-0.2, 0) is 4.79 Å². The summed E-state index contributed by atoms with van der Waals surface area (Å²) in [5.41, 5.74) is 4.59. The molecule has 3 N–H and O–H groups in total. The molecular formula is C25H27N7O2. The second kappa shape index (κ2) is 8.40. The lowest BCUT2D eigenvalue weighted by Gasteiger charge is -2.36. The van der Waals surface area contributed by atoms with Crippen LogP contribution in [0.4, 0.5) is 23.0 Å². The van der Waals surface area contributed by atoms with Crippen LogP contribution < -0.4 is 20.9 Å². The van der Waals surface area contributed by atoms with Gasteiger partial charge in [0, 0.05) is 59.3 Å². The van der Waals surface area contributed by atoms with Crippen LogP contribution in [0.15, 0.2) is 36.7 Å². The largest absolute Gasteiger partial charge is 0.364 e. The fourth-order valence-electron chi connectivity index (χ4n) is 4.25. The van der Waals surface area contributed by atoms with Crippen molar-refractivity contribution < 1.29 is 13.7 Å². The molecule has 1 aliphatic carbocycles. The van der Waals surface area contributed by atoms with E-state index in [1.165, 1.54) is 12.3 Å². The van der Waals surface area contributed by atoms with Gasteiger partial charge in [0.25, 0.3) is 5.91 Å². The SMILES string of the molecule is [2H]C([2H])([2H])NC(=O)c1cnc(NC(=O)C2CC2)cc1Nc1nc(C)cc2c1N(C)[C@H](C)c1cccnc1-2. The molecule has 0 aromatic carbocycles. The van der Waals surface area contributed by atoms with Gasteiger partial charge in [-0.05, 0) is 38.8 Å². The summed E-state index contributed by atoms with van der Waals surface area (Å²) in [4.78, 5) is 40.8. The molecule has 0 bridgehead atoms. The zero-order valence-corrected chi connectivity index (χ0v) is 19.1. The average molecular weight is 461 g/mol. The molecule has 5 rings (SSSR count). The normalized spacial score (nSPS) is 18.0. The number of hydrogen-bond acceptors (Lipinski definition) is 7. The molecule has 1 aliphatic heterocycles. The minimum absolute atomic E-state index is 0.00244. The van der Waals surface area contributed by atoms with Gasteiger partial charge in [-0.15, -0.1) is 0 Å². The van der Waals surface area contributed by atoms with Gasteiger partial charge in [0.2, 0.25) is 5.91 Å². The Morgan fingerprint density at radius 2 is 2.06 bits per heavy atom. The van der Waals surface area contributed by atoms with Crippen molar-refractivity contribution in [1.29, 1.82) is 0 Å². The number of hydrogen-bond donors (Lipinski definition) is 3. The molecular weight excluding hydrogens is 430 g/mol. The number of rotatable bonds is 5. The summed E-state index contributed by atoms with van der Waals surface area (Å²) in [5, 5.41) is 8.01. The van der Waals surface area contributed by atoms with Crippen molar-refractivity contribution in [3.05, 3.63) is 53.5 Å². The van der Waals surface area contributed by atoms with Gasteiger partial charge in [0.1, 0.15) is 5.82 Å². The Balaban J connectivity index is 1.60. The first-order valence-electron chi connectivity index (χ1n) is 12.6. The maximum atomic E-state index is 12.9. The van der Waals surface area contributed by atoms with Crippen LogP contribution in [0.5, 0.6) is 0 Å². The lowest BCUT2D eigenvalue weighted by atomic mass is 9.93.